The van der Waals surface area contributed by atoms with Gasteiger partial charge >= 0.3 is 5.97 Å². The Hall–Kier alpha value is -1.41. The first kappa shape index (κ1) is 13.7. The Bertz CT molecular complexity index is 468. The minimum Gasteiger partial charge on any atom is -0.480 e. The van der Waals surface area contributed by atoms with Gasteiger partial charge in [-0.3, -0.25) is 4.79 Å². The summed E-state index contributed by atoms with van der Waals surface area (Å²) in [5.41, 5.74) is 0. The number of aromatic nitrogens is 2. The predicted molar refractivity (Wildman–Crippen MR) is 59.9 cm³/mol. The number of imidazole rings is 1. The van der Waals surface area contributed by atoms with Crippen molar-refractivity contribution in [1.82, 2.24) is 14.3 Å². The van der Waals surface area contributed by atoms with Crippen LogP contribution in [0, 0.1) is 0 Å². The molecule has 1 aromatic rings. The maximum atomic E-state index is 12.1. The molecule has 0 bridgehead atoms. The number of hydrogen-bond donors (Lipinski definition) is 2. The Kier molecular flexibility index (Phi) is 4.24. The van der Waals surface area contributed by atoms with Crippen LogP contribution in [0.25, 0.3) is 0 Å². The third-order valence-corrected chi connectivity index (χ3v) is 4.32. The monoisotopic (exact) mass is 261 g/mol. The topological polar surface area (TPSA) is 103 Å². The Morgan fingerprint density at radius 1 is 1.65 bits per heavy atom. The van der Waals surface area contributed by atoms with Gasteiger partial charge in [0, 0.05) is 6.04 Å². The zero-order chi connectivity index (χ0) is 13.1. The molecular weight excluding hydrogens is 246 g/mol. The Balaban J connectivity index is 3.09. The van der Waals surface area contributed by atoms with E-state index < -0.39 is 22.5 Å². The summed E-state index contributed by atoms with van der Waals surface area (Å²) in [5.74, 6) is -1.19. The molecule has 0 amide bonds. The summed E-state index contributed by atoms with van der Waals surface area (Å²) in [6.45, 7) is 2.90. The first-order valence-corrected chi connectivity index (χ1v) is 6.55. The Morgan fingerprint density at radius 2 is 2.29 bits per heavy atom. The van der Waals surface area contributed by atoms with Crippen LogP contribution in [0.1, 0.15) is 20.3 Å². The second kappa shape index (κ2) is 5.28. The molecule has 0 spiro atoms. The van der Waals surface area contributed by atoms with Gasteiger partial charge in [0.15, 0.2) is 5.03 Å². The summed E-state index contributed by atoms with van der Waals surface area (Å²) in [5, 5.41) is 8.66. The molecule has 0 aliphatic rings. The molecule has 0 aliphatic heterocycles. The second-order valence-corrected chi connectivity index (χ2v) is 5.48. The molecule has 0 saturated heterocycles. The van der Waals surface area contributed by atoms with Crippen molar-refractivity contribution in [2.45, 2.75) is 31.3 Å². The van der Waals surface area contributed by atoms with Crippen molar-refractivity contribution in [3.05, 3.63) is 12.5 Å². The number of H-pyrrole nitrogens is 1. The lowest BCUT2D eigenvalue weighted by molar-refractivity contribution is -0.137. The zero-order valence-corrected chi connectivity index (χ0v) is 10.4. The number of nitrogens with one attached hydrogen (secondary N) is 1. The van der Waals surface area contributed by atoms with Gasteiger partial charge < -0.3 is 10.1 Å². The molecule has 96 valence electrons. The van der Waals surface area contributed by atoms with Crippen LogP contribution in [0.15, 0.2) is 17.6 Å². The number of aromatic amines is 1. The van der Waals surface area contributed by atoms with E-state index in [-0.39, 0.29) is 11.1 Å². The van der Waals surface area contributed by atoms with Crippen LogP contribution in [0.4, 0.5) is 0 Å². The standard InChI is InChI=1S/C9H15N3O4S/c1-3-7(2)12(5-9(13)14)17(15,16)8-4-10-6-11-8/h4,6-7H,3,5H2,1-2H3,(H,10,11)(H,13,14). The summed E-state index contributed by atoms with van der Waals surface area (Å²) in [6.07, 6.45) is 2.93. The van der Waals surface area contributed by atoms with E-state index in [1.807, 2.05) is 0 Å². The van der Waals surface area contributed by atoms with E-state index in [4.69, 9.17) is 5.11 Å². The fraction of sp³-hybridized carbons (Fsp3) is 0.556. The smallest absolute Gasteiger partial charge is 0.318 e. The third kappa shape index (κ3) is 3.04. The highest BCUT2D eigenvalue weighted by atomic mass is 32.2. The molecule has 7 nitrogen and oxygen atoms in total. The summed E-state index contributed by atoms with van der Waals surface area (Å²) in [7, 11) is -3.83. The van der Waals surface area contributed by atoms with Crippen molar-refractivity contribution < 1.29 is 18.3 Å². The van der Waals surface area contributed by atoms with Gasteiger partial charge in [0.1, 0.15) is 6.54 Å². The number of nitrogens with zero attached hydrogens (tertiary/aromatic N) is 2. The first-order chi connectivity index (χ1) is 7.89. The largest absolute Gasteiger partial charge is 0.480 e. The predicted octanol–water partition coefficient (Wildman–Crippen LogP) is 0.283. The van der Waals surface area contributed by atoms with Gasteiger partial charge in [-0.2, -0.15) is 4.31 Å². The quantitative estimate of drug-likeness (QED) is 0.765. The molecule has 0 aromatic carbocycles. The number of carboxylic acid groups (broad SMARTS) is 1. The Labute approximate surface area is 99.5 Å². The molecule has 1 atom stereocenters. The molecule has 1 aromatic heterocycles. The SMILES string of the molecule is CCC(C)N(CC(=O)O)S(=O)(=O)c1cnc[nH]1. The van der Waals surface area contributed by atoms with Crippen LogP contribution in [0.5, 0.6) is 0 Å². The average Bonchev–Trinajstić information content (AvgIpc) is 2.78. The molecular formula is C9H15N3O4S. The fourth-order valence-electron chi connectivity index (χ4n) is 1.33. The van der Waals surface area contributed by atoms with Crippen LogP contribution in [0.2, 0.25) is 0 Å². The Morgan fingerprint density at radius 3 is 2.71 bits per heavy atom. The molecule has 1 rings (SSSR count). The highest BCUT2D eigenvalue weighted by Gasteiger charge is 2.31. The summed E-state index contributed by atoms with van der Waals surface area (Å²) < 4.78 is 25.2. The van der Waals surface area contributed by atoms with Crippen LogP contribution < -0.4 is 0 Å². The third-order valence-electron chi connectivity index (χ3n) is 2.43. The van der Waals surface area contributed by atoms with Gasteiger partial charge in [-0.25, -0.2) is 13.4 Å². The second-order valence-electron chi connectivity index (χ2n) is 3.62. The molecule has 1 unspecified atom stereocenters. The molecule has 0 aliphatic carbocycles. The van der Waals surface area contributed by atoms with E-state index in [0.29, 0.717) is 6.42 Å². The lowest BCUT2D eigenvalue weighted by atomic mass is 10.2. The van der Waals surface area contributed by atoms with Gasteiger partial charge in [-0.15, -0.1) is 0 Å². The van der Waals surface area contributed by atoms with Gasteiger partial charge in [-0.05, 0) is 13.3 Å². The minimum absolute atomic E-state index is 0.0981. The van der Waals surface area contributed by atoms with Gasteiger partial charge in [-0.1, -0.05) is 6.92 Å². The van der Waals surface area contributed by atoms with Crippen LogP contribution in [-0.2, 0) is 14.8 Å². The zero-order valence-electron chi connectivity index (χ0n) is 9.62. The van der Waals surface area contributed by atoms with Crippen molar-refractivity contribution in [2.24, 2.45) is 0 Å². The molecule has 2 N–H and O–H groups in total. The maximum Gasteiger partial charge on any atom is 0.318 e. The highest BCUT2D eigenvalue weighted by Crippen LogP contribution is 2.16. The van der Waals surface area contributed by atoms with Crippen molar-refractivity contribution in [1.29, 1.82) is 0 Å². The number of carboxylic acids is 1. The maximum absolute atomic E-state index is 12.1. The van der Waals surface area contributed by atoms with E-state index in [1.54, 1.807) is 13.8 Å². The van der Waals surface area contributed by atoms with Crippen LogP contribution >= 0.6 is 0 Å². The van der Waals surface area contributed by atoms with E-state index in [0.717, 1.165) is 10.5 Å². The summed E-state index contributed by atoms with van der Waals surface area (Å²) in [4.78, 5) is 16.8. The van der Waals surface area contributed by atoms with Gasteiger partial charge in [0.05, 0.1) is 12.5 Å². The van der Waals surface area contributed by atoms with E-state index in [1.165, 1.54) is 6.33 Å². The molecule has 0 fully saturated rings. The lowest BCUT2D eigenvalue weighted by Crippen LogP contribution is -2.41. The van der Waals surface area contributed by atoms with E-state index in [9.17, 15) is 13.2 Å². The summed E-state index contributed by atoms with van der Waals surface area (Å²) in [6, 6.07) is -0.389. The first-order valence-electron chi connectivity index (χ1n) is 5.11. The van der Waals surface area contributed by atoms with Crippen molar-refractivity contribution >= 4 is 16.0 Å². The van der Waals surface area contributed by atoms with E-state index in [2.05, 4.69) is 9.97 Å². The van der Waals surface area contributed by atoms with Crippen molar-refractivity contribution in [3.8, 4) is 0 Å². The van der Waals surface area contributed by atoms with E-state index >= 15 is 0 Å². The molecule has 1 heterocycles. The normalized spacial score (nSPS) is 13.8. The summed E-state index contributed by atoms with van der Waals surface area (Å²) >= 11 is 0. The van der Waals surface area contributed by atoms with Gasteiger partial charge in [0.25, 0.3) is 10.0 Å². The number of sulfonamides is 1. The number of hydrogen-bond acceptors (Lipinski definition) is 4. The number of aliphatic carboxylic acids is 1. The van der Waals surface area contributed by atoms with Crippen LogP contribution in [-0.4, -0.2) is 46.4 Å². The van der Waals surface area contributed by atoms with Crippen molar-refractivity contribution in [2.75, 3.05) is 6.54 Å². The average molecular weight is 261 g/mol. The minimum atomic E-state index is -3.83. The molecule has 0 radical (unpaired) electrons. The molecule has 8 heteroatoms. The van der Waals surface area contributed by atoms with Gasteiger partial charge in [0.2, 0.25) is 0 Å². The highest BCUT2D eigenvalue weighted by molar-refractivity contribution is 7.89. The fourth-order valence-corrected chi connectivity index (χ4v) is 2.88. The molecule has 17 heavy (non-hydrogen) atoms. The van der Waals surface area contributed by atoms with Crippen molar-refractivity contribution in [3.63, 3.8) is 0 Å². The molecule has 0 saturated carbocycles. The number of rotatable bonds is 6. The van der Waals surface area contributed by atoms with Crippen LogP contribution in [0.3, 0.4) is 0 Å². The lowest BCUT2D eigenvalue weighted by Gasteiger charge is -2.25. The number of carbonyl (C=O) groups is 1.